The van der Waals surface area contributed by atoms with E-state index in [9.17, 15) is 13.2 Å². The van der Waals surface area contributed by atoms with E-state index in [2.05, 4.69) is 0 Å². The molecule has 1 rings (SSSR count). The number of alkyl halides is 3. The SMILES string of the molecule is CCCN(CCCOc1ccc(CN)cc1)CC(F)(F)F. The highest BCUT2D eigenvalue weighted by Crippen LogP contribution is 2.17. The number of hydrogen-bond acceptors (Lipinski definition) is 3. The van der Waals surface area contributed by atoms with Gasteiger partial charge in [-0.25, -0.2) is 0 Å². The highest BCUT2D eigenvalue weighted by Gasteiger charge is 2.29. The third-order valence-corrected chi connectivity index (χ3v) is 2.99. The molecule has 0 saturated heterocycles. The van der Waals surface area contributed by atoms with E-state index in [4.69, 9.17) is 10.5 Å². The Morgan fingerprint density at radius 3 is 2.33 bits per heavy atom. The van der Waals surface area contributed by atoms with Crippen molar-refractivity contribution in [2.45, 2.75) is 32.5 Å². The molecule has 6 heteroatoms. The van der Waals surface area contributed by atoms with Gasteiger partial charge in [0, 0.05) is 13.1 Å². The van der Waals surface area contributed by atoms with E-state index in [0.29, 0.717) is 44.8 Å². The van der Waals surface area contributed by atoms with Crippen molar-refractivity contribution in [3.63, 3.8) is 0 Å². The van der Waals surface area contributed by atoms with E-state index in [0.717, 1.165) is 5.56 Å². The zero-order valence-electron chi connectivity index (χ0n) is 12.3. The van der Waals surface area contributed by atoms with E-state index in [1.165, 1.54) is 4.90 Å². The van der Waals surface area contributed by atoms with Gasteiger partial charge in [0.15, 0.2) is 0 Å². The van der Waals surface area contributed by atoms with Gasteiger partial charge in [0.05, 0.1) is 13.2 Å². The third kappa shape index (κ3) is 7.92. The van der Waals surface area contributed by atoms with Crippen molar-refractivity contribution in [1.29, 1.82) is 0 Å². The number of benzene rings is 1. The quantitative estimate of drug-likeness (QED) is 0.712. The van der Waals surface area contributed by atoms with Gasteiger partial charge in [0.25, 0.3) is 0 Å². The molecule has 0 bridgehead atoms. The number of hydrogen-bond donors (Lipinski definition) is 1. The first-order valence-electron chi connectivity index (χ1n) is 7.15. The van der Waals surface area contributed by atoms with Gasteiger partial charge >= 0.3 is 6.18 Å². The molecule has 0 aromatic heterocycles. The molecule has 3 nitrogen and oxygen atoms in total. The predicted molar refractivity (Wildman–Crippen MR) is 77.2 cm³/mol. The molecule has 0 radical (unpaired) electrons. The summed E-state index contributed by atoms with van der Waals surface area (Å²) in [5.41, 5.74) is 6.51. The number of rotatable bonds is 9. The van der Waals surface area contributed by atoms with Crippen LogP contribution in [0.1, 0.15) is 25.3 Å². The first-order chi connectivity index (χ1) is 9.94. The second kappa shape index (κ2) is 8.89. The molecule has 21 heavy (non-hydrogen) atoms. The van der Waals surface area contributed by atoms with E-state index in [1.807, 2.05) is 31.2 Å². The summed E-state index contributed by atoms with van der Waals surface area (Å²) < 4.78 is 42.7. The van der Waals surface area contributed by atoms with Crippen molar-refractivity contribution in [3.8, 4) is 5.75 Å². The maximum absolute atomic E-state index is 12.4. The molecular formula is C15H23F3N2O. The zero-order chi connectivity index (χ0) is 15.7. The average molecular weight is 304 g/mol. The number of nitrogens with zero attached hydrogens (tertiary/aromatic N) is 1. The van der Waals surface area contributed by atoms with Crippen LogP contribution in [-0.4, -0.2) is 37.3 Å². The summed E-state index contributed by atoms with van der Waals surface area (Å²) in [6.07, 6.45) is -2.87. The molecule has 0 aliphatic rings. The predicted octanol–water partition coefficient (Wildman–Crippen LogP) is 3.19. The highest BCUT2D eigenvalue weighted by molar-refractivity contribution is 5.26. The van der Waals surface area contributed by atoms with Crippen LogP contribution in [-0.2, 0) is 6.54 Å². The minimum Gasteiger partial charge on any atom is -0.494 e. The normalized spacial score (nSPS) is 11.9. The second-order valence-electron chi connectivity index (χ2n) is 4.94. The lowest BCUT2D eigenvalue weighted by Crippen LogP contribution is -2.36. The summed E-state index contributed by atoms with van der Waals surface area (Å²) >= 11 is 0. The highest BCUT2D eigenvalue weighted by atomic mass is 19.4. The fraction of sp³-hybridized carbons (Fsp3) is 0.600. The first kappa shape index (κ1) is 17.8. The van der Waals surface area contributed by atoms with Gasteiger partial charge in [0.2, 0.25) is 0 Å². The Balaban J connectivity index is 2.29. The molecule has 0 heterocycles. The van der Waals surface area contributed by atoms with E-state index >= 15 is 0 Å². The first-order valence-corrected chi connectivity index (χ1v) is 7.15. The summed E-state index contributed by atoms with van der Waals surface area (Å²) in [7, 11) is 0. The molecule has 0 unspecified atom stereocenters. The molecule has 0 aliphatic heterocycles. The van der Waals surface area contributed by atoms with Crippen molar-refractivity contribution in [2.75, 3.05) is 26.2 Å². The lowest BCUT2D eigenvalue weighted by Gasteiger charge is -2.22. The Hall–Kier alpha value is -1.27. The lowest BCUT2D eigenvalue weighted by atomic mass is 10.2. The van der Waals surface area contributed by atoms with Crippen LogP contribution in [0.3, 0.4) is 0 Å². The molecule has 1 aromatic rings. The van der Waals surface area contributed by atoms with Crippen LogP contribution in [0.15, 0.2) is 24.3 Å². The molecule has 0 amide bonds. The summed E-state index contributed by atoms with van der Waals surface area (Å²) in [6.45, 7) is 2.73. The molecule has 0 fully saturated rings. The van der Waals surface area contributed by atoms with Crippen molar-refractivity contribution >= 4 is 0 Å². The van der Waals surface area contributed by atoms with E-state index < -0.39 is 12.7 Å². The number of nitrogens with two attached hydrogens (primary N) is 1. The van der Waals surface area contributed by atoms with Crippen LogP contribution in [0.2, 0.25) is 0 Å². The average Bonchev–Trinajstić information content (AvgIpc) is 2.43. The van der Waals surface area contributed by atoms with Gasteiger partial charge in [-0.3, -0.25) is 4.90 Å². The Kier molecular flexibility index (Phi) is 7.53. The van der Waals surface area contributed by atoms with E-state index in [1.54, 1.807) is 0 Å². The molecule has 120 valence electrons. The van der Waals surface area contributed by atoms with Gasteiger partial charge in [-0.15, -0.1) is 0 Å². The van der Waals surface area contributed by atoms with Gasteiger partial charge < -0.3 is 10.5 Å². The van der Waals surface area contributed by atoms with Crippen molar-refractivity contribution in [2.24, 2.45) is 5.73 Å². The Morgan fingerprint density at radius 2 is 1.81 bits per heavy atom. The van der Waals surface area contributed by atoms with Gasteiger partial charge in [-0.1, -0.05) is 19.1 Å². The Morgan fingerprint density at radius 1 is 1.14 bits per heavy atom. The fourth-order valence-corrected chi connectivity index (χ4v) is 2.04. The fourth-order valence-electron chi connectivity index (χ4n) is 2.04. The molecule has 0 atom stereocenters. The van der Waals surface area contributed by atoms with Crippen LogP contribution >= 0.6 is 0 Å². The summed E-state index contributed by atoms with van der Waals surface area (Å²) in [5, 5.41) is 0. The van der Waals surface area contributed by atoms with Crippen LogP contribution < -0.4 is 10.5 Å². The summed E-state index contributed by atoms with van der Waals surface area (Å²) in [6, 6.07) is 7.40. The lowest BCUT2D eigenvalue weighted by molar-refractivity contribution is -0.146. The van der Waals surface area contributed by atoms with Gasteiger partial charge in [0.1, 0.15) is 5.75 Å². The van der Waals surface area contributed by atoms with Crippen molar-refractivity contribution < 1.29 is 17.9 Å². The number of ether oxygens (including phenoxy) is 1. The van der Waals surface area contributed by atoms with E-state index in [-0.39, 0.29) is 0 Å². The van der Waals surface area contributed by atoms with Crippen LogP contribution in [0.25, 0.3) is 0 Å². The van der Waals surface area contributed by atoms with Crippen molar-refractivity contribution in [3.05, 3.63) is 29.8 Å². The van der Waals surface area contributed by atoms with Crippen LogP contribution in [0, 0.1) is 0 Å². The van der Waals surface area contributed by atoms with Crippen molar-refractivity contribution in [1.82, 2.24) is 4.90 Å². The molecule has 0 spiro atoms. The Labute approximate surface area is 123 Å². The van der Waals surface area contributed by atoms with Crippen LogP contribution in [0.4, 0.5) is 13.2 Å². The monoisotopic (exact) mass is 304 g/mol. The standard InChI is InChI=1S/C15H23F3N2O/c1-2-8-20(12-15(16,17)18)9-3-10-21-14-6-4-13(11-19)5-7-14/h4-7H,2-3,8-12,19H2,1H3. The molecule has 2 N–H and O–H groups in total. The zero-order valence-corrected chi connectivity index (χ0v) is 12.3. The maximum Gasteiger partial charge on any atom is 0.401 e. The molecule has 1 aromatic carbocycles. The largest absolute Gasteiger partial charge is 0.494 e. The van der Waals surface area contributed by atoms with Gasteiger partial charge in [-0.05, 0) is 37.1 Å². The van der Waals surface area contributed by atoms with Crippen LogP contribution in [0.5, 0.6) is 5.75 Å². The summed E-state index contributed by atoms with van der Waals surface area (Å²) in [4.78, 5) is 1.42. The molecule has 0 saturated carbocycles. The Bertz CT molecular complexity index is 393. The minimum absolute atomic E-state index is 0.383. The third-order valence-electron chi connectivity index (χ3n) is 2.99. The minimum atomic E-state index is -4.14. The van der Waals surface area contributed by atoms with Gasteiger partial charge in [-0.2, -0.15) is 13.2 Å². The summed E-state index contributed by atoms with van der Waals surface area (Å²) in [5.74, 6) is 0.713. The molecular weight excluding hydrogens is 281 g/mol. The smallest absolute Gasteiger partial charge is 0.401 e. The number of halogens is 3. The topological polar surface area (TPSA) is 38.5 Å². The molecule has 0 aliphatic carbocycles. The second-order valence-corrected chi connectivity index (χ2v) is 4.94. The maximum atomic E-state index is 12.4.